The van der Waals surface area contributed by atoms with Crippen LogP contribution < -0.4 is 5.56 Å². The third kappa shape index (κ3) is 2.90. The molecule has 1 aromatic heterocycles. The Labute approximate surface area is 139 Å². The number of hydrogen-bond donors (Lipinski definition) is 0. The summed E-state index contributed by atoms with van der Waals surface area (Å²) in [7, 11) is 0. The molecule has 0 amide bonds. The van der Waals surface area contributed by atoms with Crippen LogP contribution in [-0.2, 0) is 0 Å². The molecular formula is C16H10N4O5. The van der Waals surface area contributed by atoms with E-state index in [1.165, 1.54) is 43.3 Å². The Morgan fingerprint density at radius 3 is 2.36 bits per heavy atom. The number of para-hydroxylation sites is 1. The number of benzene rings is 2. The molecule has 0 unspecified atom stereocenters. The summed E-state index contributed by atoms with van der Waals surface area (Å²) in [6.07, 6.45) is 0. The van der Waals surface area contributed by atoms with Crippen molar-refractivity contribution in [3.8, 4) is 11.3 Å². The summed E-state index contributed by atoms with van der Waals surface area (Å²) in [4.78, 5) is 41.3. The minimum Gasteiger partial charge on any atom is -0.265 e. The molecule has 0 aliphatic rings. The van der Waals surface area contributed by atoms with Gasteiger partial charge in [-0.25, -0.2) is 9.97 Å². The first kappa shape index (κ1) is 16.1. The van der Waals surface area contributed by atoms with E-state index in [4.69, 9.17) is 0 Å². The molecule has 1 heterocycles. The molecule has 0 aliphatic carbocycles. The highest BCUT2D eigenvalue weighted by molar-refractivity contribution is 5.95. The first-order valence-corrected chi connectivity index (χ1v) is 7.09. The van der Waals surface area contributed by atoms with Gasteiger partial charge in [-0.15, -0.1) is 0 Å². The molecular weight excluding hydrogens is 328 g/mol. The molecule has 0 radical (unpaired) electrons. The van der Waals surface area contributed by atoms with Crippen LogP contribution in [0, 0.1) is 27.2 Å². The monoisotopic (exact) mass is 338 g/mol. The van der Waals surface area contributed by atoms with Gasteiger partial charge in [-0.2, -0.15) is 0 Å². The zero-order chi connectivity index (χ0) is 18.1. The summed E-state index contributed by atoms with van der Waals surface area (Å²) in [6.45, 7) is 1.43. The van der Waals surface area contributed by atoms with Gasteiger partial charge in [0.05, 0.1) is 26.6 Å². The maximum Gasteiger partial charge on any atom is 0.291 e. The lowest BCUT2D eigenvalue weighted by atomic mass is 10.0. The summed E-state index contributed by atoms with van der Waals surface area (Å²) in [5.41, 5.74) is -0.607. The largest absolute Gasteiger partial charge is 0.291 e. The Balaban J connectivity index is 2.51. The van der Waals surface area contributed by atoms with Crippen LogP contribution in [0.4, 0.5) is 11.4 Å². The molecule has 3 rings (SSSR count). The molecule has 0 spiro atoms. The number of hydrogen-bond acceptors (Lipinski definition) is 7. The second-order valence-electron chi connectivity index (χ2n) is 5.20. The highest BCUT2D eigenvalue weighted by Crippen LogP contribution is 2.33. The second-order valence-corrected chi connectivity index (χ2v) is 5.20. The predicted octanol–water partition coefficient (Wildman–Crippen LogP) is 2.78. The number of nitrogens with zero attached hydrogens (tertiary/aromatic N) is 4. The number of nitro groups is 2. The fourth-order valence-electron chi connectivity index (χ4n) is 2.43. The average Bonchev–Trinajstić information content (AvgIpc) is 2.71. The van der Waals surface area contributed by atoms with E-state index in [-0.39, 0.29) is 39.2 Å². The van der Waals surface area contributed by atoms with Crippen LogP contribution in [0.25, 0.3) is 22.2 Å². The van der Waals surface area contributed by atoms with E-state index in [0.29, 0.717) is 0 Å². The fourth-order valence-corrected chi connectivity index (χ4v) is 2.43. The topological polar surface area (TPSA) is 129 Å². The molecule has 0 fully saturated rings. The van der Waals surface area contributed by atoms with Gasteiger partial charge in [-0.1, -0.05) is 12.1 Å². The van der Waals surface area contributed by atoms with Gasteiger partial charge >= 0.3 is 0 Å². The lowest BCUT2D eigenvalue weighted by Gasteiger charge is -2.03. The van der Waals surface area contributed by atoms with E-state index in [1.807, 2.05) is 0 Å². The average molecular weight is 338 g/mol. The van der Waals surface area contributed by atoms with Gasteiger partial charge in [0.1, 0.15) is 5.69 Å². The van der Waals surface area contributed by atoms with Crippen LogP contribution >= 0.6 is 0 Å². The molecule has 124 valence electrons. The van der Waals surface area contributed by atoms with Gasteiger partial charge in [0.15, 0.2) is 0 Å². The minimum absolute atomic E-state index is 0.0343. The number of aromatic nitrogens is 2. The van der Waals surface area contributed by atoms with E-state index in [2.05, 4.69) is 9.97 Å². The molecule has 0 aliphatic heterocycles. The van der Waals surface area contributed by atoms with Crippen LogP contribution in [0.3, 0.4) is 0 Å². The van der Waals surface area contributed by atoms with Gasteiger partial charge in [0.25, 0.3) is 16.9 Å². The van der Waals surface area contributed by atoms with Gasteiger partial charge in [-0.05, 0) is 19.1 Å². The first-order chi connectivity index (χ1) is 11.9. The summed E-state index contributed by atoms with van der Waals surface area (Å²) < 4.78 is 0. The van der Waals surface area contributed by atoms with Crippen molar-refractivity contribution in [1.29, 1.82) is 0 Å². The fraction of sp³-hybridized carbons (Fsp3) is 0.0625. The van der Waals surface area contributed by atoms with Gasteiger partial charge in [-0.3, -0.25) is 25.0 Å². The van der Waals surface area contributed by atoms with Gasteiger partial charge in [0, 0.05) is 23.6 Å². The quantitative estimate of drug-likeness (QED) is 0.530. The smallest absolute Gasteiger partial charge is 0.265 e. The van der Waals surface area contributed by atoms with Crippen molar-refractivity contribution in [3.05, 3.63) is 78.7 Å². The van der Waals surface area contributed by atoms with Gasteiger partial charge < -0.3 is 0 Å². The maximum atomic E-state index is 12.0. The molecule has 3 aromatic rings. The van der Waals surface area contributed by atoms with Crippen LogP contribution in [0.5, 0.6) is 0 Å². The van der Waals surface area contributed by atoms with Crippen LogP contribution in [0.1, 0.15) is 5.69 Å². The lowest BCUT2D eigenvalue weighted by molar-refractivity contribution is -0.384. The Morgan fingerprint density at radius 1 is 0.960 bits per heavy atom. The van der Waals surface area contributed by atoms with Crippen molar-refractivity contribution < 1.29 is 9.85 Å². The van der Waals surface area contributed by atoms with E-state index >= 15 is 0 Å². The SMILES string of the molecule is Cc1nc(-c2ccccc2[N+](=O)[O-])c2cc([N+](=O)[O-])ccc2nc1=O. The highest BCUT2D eigenvalue weighted by atomic mass is 16.6. The molecule has 25 heavy (non-hydrogen) atoms. The zero-order valence-corrected chi connectivity index (χ0v) is 12.9. The number of nitro benzene ring substituents is 2. The standard InChI is InChI=1S/C16H10N4O5/c1-9-16(21)18-13-7-6-10(19(22)23)8-12(13)15(17-9)11-4-2-3-5-14(11)20(24)25/h2-8H,1H3. The molecule has 0 N–H and O–H groups in total. The molecule has 2 aromatic carbocycles. The minimum atomic E-state index is -0.608. The number of aryl methyl sites for hydroxylation is 1. The van der Waals surface area contributed by atoms with E-state index in [0.717, 1.165) is 0 Å². The Hall–Kier alpha value is -3.75. The third-order valence-electron chi connectivity index (χ3n) is 3.61. The van der Waals surface area contributed by atoms with Crippen molar-refractivity contribution in [1.82, 2.24) is 9.97 Å². The van der Waals surface area contributed by atoms with E-state index in [1.54, 1.807) is 6.07 Å². The predicted molar refractivity (Wildman–Crippen MR) is 89.3 cm³/mol. The van der Waals surface area contributed by atoms with Crippen molar-refractivity contribution in [2.75, 3.05) is 0 Å². The second kappa shape index (κ2) is 6.04. The molecule has 9 nitrogen and oxygen atoms in total. The van der Waals surface area contributed by atoms with Crippen LogP contribution in [0.2, 0.25) is 0 Å². The van der Waals surface area contributed by atoms with Crippen molar-refractivity contribution in [2.24, 2.45) is 0 Å². The maximum absolute atomic E-state index is 12.0. The summed E-state index contributed by atoms with van der Waals surface area (Å²) in [6, 6.07) is 9.61. The summed E-state index contributed by atoms with van der Waals surface area (Å²) >= 11 is 0. The molecule has 9 heteroatoms. The van der Waals surface area contributed by atoms with E-state index < -0.39 is 15.4 Å². The Morgan fingerprint density at radius 2 is 1.68 bits per heavy atom. The van der Waals surface area contributed by atoms with Crippen molar-refractivity contribution in [2.45, 2.75) is 6.92 Å². The lowest BCUT2D eigenvalue weighted by Crippen LogP contribution is -2.06. The van der Waals surface area contributed by atoms with Crippen molar-refractivity contribution >= 4 is 22.3 Å². The van der Waals surface area contributed by atoms with Crippen LogP contribution in [-0.4, -0.2) is 19.8 Å². The highest BCUT2D eigenvalue weighted by Gasteiger charge is 2.20. The normalized spacial score (nSPS) is 10.6. The Kier molecular flexibility index (Phi) is 3.89. The third-order valence-corrected chi connectivity index (χ3v) is 3.61. The first-order valence-electron chi connectivity index (χ1n) is 7.09. The number of rotatable bonds is 3. The summed E-state index contributed by atoms with van der Waals surface area (Å²) in [5, 5.41) is 22.6. The zero-order valence-electron chi connectivity index (χ0n) is 12.9. The van der Waals surface area contributed by atoms with E-state index in [9.17, 15) is 25.0 Å². The molecule has 0 bridgehead atoms. The number of non-ortho nitro benzene ring substituents is 1. The number of fused-ring (bicyclic) bond motifs is 1. The van der Waals surface area contributed by atoms with Crippen LogP contribution in [0.15, 0.2) is 47.3 Å². The van der Waals surface area contributed by atoms with Crippen molar-refractivity contribution in [3.63, 3.8) is 0 Å². The molecule has 0 saturated heterocycles. The molecule has 0 saturated carbocycles. The van der Waals surface area contributed by atoms with Gasteiger partial charge in [0.2, 0.25) is 0 Å². The molecule has 0 atom stereocenters. The summed E-state index contributed by atoms with van der Waals surface area (Å²) in [5.74, 6) is 0. The Bertz CT molecular complexity index is 1100.